The van der Waals surface area contributed by atoms with Crippen LogP contribution in [0.1, 0.15) is 69.7 Å². The highest BCUT2D eigenvalue weighted by atomic mass is 16.1. The van der Waals surface area contributed by atoms with E-state index in [0.29, 0.717) is 24.3 Å². The molecular formula is C27H33N7O. The van der Waals surface area contributed by atoms with Gasteiger partial charge in [-0.05, 0) is 66.0 Å². The second-order valence-corrected chi connectivity index (χ2v) is 9.54. The van der Waals surface area contributed by atoms with Crippen LogP contribution in [0.4, 0.5) is 0 Å². The third kappa shape index (κ3) is 4.70. The third-order valence-corrected chi connectivity index (χ3v) is 7.30. The van der Waals surface area contributed by atoms with Crippen molar-refractivity contribution in [3.8, 4) is 22.5 Å². The molecule has 1 saturated carbocycles. The summed E-state index contributed by atoms with van der Waals surface area (Å²) in [6.45, 7) is 4.95. The summed E-state index contributed by atoms with van der Waals surface area (Å²) in [7, 11) is 0. The second-order valence-electron chi connectivity index (χ2n) is 9.54. The molecule has 1 aromatic carbocycles. The fraction of sp³-hybridized carbons (Fsp3) is 0.444. The van der Waals surface area contributed by atoms with E-state index in [1.807, 2.05) is 39.7 Å². The number of unbranched alkanes of at least 4 members (excludes halogenated alkanes) is 1. The van der Waals surface area contributed by atoms with E-state index in [1.54, 1.807) is 0 Å². The molecular weight excluding hydrogens is 438 g/mol. The lowest BCUT2D eigenvalue weighted by Gasteiger charge is -2.37. The van der Waals surface area contributed by atoms with Gasteiger partial charge in [-0.3, -0.25) is 14.1 Å². The van der Waals surface area contributed by atoms with Crippen LogP contribution >= 0.6 is 0 Å². The lowest BCUT2D eigenvalue weighted by atomic mass is 9.77. The Hall–Kier alpha value is -3.55. The van der Waals surface area contributed by atoms with Gasteiger partial charge in [-0.15, -0.1) is 10.2 Å². The smallest absolute Gasteiger partial charge is 0.296 e. The van der Waals surface area contributed by atoms with Gasteiger partial charge in [0.1, 0.15) is 0 Å². The van der Waals surface area contributed by atoms with Gasteiger partial charge in [0.05, 0.1) is 6.54 Å². The number of aromatic nitrogens is 7. The largest absolute Gasteiger partial charge is 0.328 e. The zero-order chi connectivity index (χ0) is 24.2. The summed E-state index contributed by atoms with van der Waals surface area (Å²) in [5, 5.41) is 14.2. The maximum atomic E-state index is 13.6. The number of benzene rings is 1. The fourth-order valence-corrected chi connectivity index (χ4v) is 5.23. The summed E-state index contributed by atoms with van der Waals surface area (Å²) >= 11 is 0. The van der Waals surface area contributed by atoms with Gasteiger partial charge in [0, 0.05) is 35.9 Å². The summed E-state index contributed by atoms with van der Waals surface area (Å²) in [4.78, 5) is 18.0. The van der Waals surface area contributed by atoms with Crippen molar-refractivity contribution in [3.05, 3.63) is 70.7 Å². The molecule has 0 saturated heterocycles. The van der Waals surface area contributed by atoms with Crippen molar-refractivity contribution in [2.45, 2.75) is 71.4 Å². The van der Waals surface area contributed by atoms with Crippen molar-refractivity contribution < 1.29 is 0 Å². The van der Waals surface area contributed by atoms with Crippen LogP contribution < -0.4 is 5.69 Å². The third-order valence-electron chi connectivity index (χ3n) is 7.30. The molecule has 3 heterocycles. The maximum Gasteiger partial charge on any atom is 0.328 e. The molecule has 2 atom stereocenters. The van der Waals surface area contributed by atoms with Crippen LogP contribution in [0.5, 0.6) is 0 Å². The highest BCUT2D eigenvalue weighted by Crippen LogP contribution is 2.41. The van der Waals surface area contributed by atoms with E-state index in [1.165, 1.54) is 19.3 Å². The Morgan fingerprint density at radius 3 is 2.57 bits per heavy atom. The molecule has 3 aromatic heterocycles. The minimum Gasteiger partial charge on any atom is -0.296 e. The molecule has 8 heteroatoms. The van der Waals surface area contributed by atoms with Crippen LogP contribution in [0.25, 0.3) is 22.5 Å². The van der Waals surface area contributed by atoms with Crippen molar-refractivity contribution in [2.75, 3.05) is 0 Å². The first-order chi connectivity index (χ1) is 17.2. The van der Waals surface area contributed by atoms with E-state index in [2.05, 4.69) is 57.8 Å². The molecule has 1 fully saturated rings. The number of rotatable bonds is 10. The van der Waals surface area contributed by atoms with Gasteiger partial charge in [0.15, 0.2) is 0 Å². The number of pyridine rings is 1. The molecule has 182 valence electrons. The van der Waals surface area contributed by atoms with Crippen LogP contribution in [0.15, 0.2) is 53.7 Å². The molecule has 5 rings (SSSR count). The fourth-order valence-electron chi connectivity index (χ4n) is 5.23. The number of hydrogen-bond donors (Lipinski definition) is 1. The highest BCUT2D eigenvalue weighted by Gasteiger charge is 2.33. The lowest BCUT2D eigenvalue weighted by Crippen LogP contribution is -2.36. The summed E-state index contributed by atoms with van der Waals surface area (Å²) in [5.41, 5.74) is 5.32. The van der Waals surface area contributed by atoms with Crippen molar-refractivity contribution in [1.29, 1.82) is 0 Å². The van der Waals surface area contributed by atoms with E-state index >= 15 is 0 Å². The molecule has 1 aliphatic rings. The standard InChI is InChI=1S/C27H33N7O/c1-3-5-7-23-18-34(25-13-12-20(25)6-4-2)27(35)33(23)17-22-16-28-15-14-24(22)19-8-10-21(11-9-19)26-29-31-32-30-26/h8-11,14-16,18,20,25H,3-7,12-13,17H2,1-2H3,(H,29,30,31,32). The maximum absolute atomic E-state index is 13.6. The summed E-state index contributed by atoms with van der Waals surface area (Å²) < 4.78 is 4.01. The predicted octanol–water partition coefficient (Wildman–Crippen LogP) is 5.03. The Morgan fingerprint density at radius 1 is 1.06 bits per heavy atom. The minimum absolute atomic E-state index is 0.115. The van der Waals surface area contributed by atoms with Crippen LogP contribution in [0.3, 0.4) is 0 Å². The van der Waals surface area contributed by atoms with E-state index < -0.39 is 0 Å². The molecule has 0 amide bonds. The number of nitrogens with one attached hydrogen (secondary N) is 1. The molecule has 0 radical (unpaired) electrons. The normalized spacial score (nSPS) is 17.4. The van der Waals surface area contributed by atoms with Gasteiger partial charge in [0.2, 0.25) is 5.82 Å². The van der Waals surface area contributed by atoms with Crippen molar-refractivity contribution >= 4 is 0 Å². The van der Waals surface area contributed by atoms with Crippen molar-refractivity contribution in [2.24, 2.45) is 5.92 Å². The molecule has 2 unspecified atom stereocenters. The predicted molar refractivity (Wildman–Crippen MR) is 136 cm³/mol. The minimum atomic E-state index is 0.115. The summed E-state index contributed by atoms with van der Waals surface area (Å²) in [6.07, 6.45) is 13.6. The van der Waals surface area contributed by atoms with Crippen LogP contribution in [-0.4, -0.2) is 34.7 Å². The van der Waals surface area contributed by atoms with Gasteiger partial charge >= 0.3 is 5.69 Å². The Balaban J connectivity index is 1.47. The Bertz CT molecular complexity index is 1300. The number of H-pyrrole nitrogens is 1. The zero-order valence-electron chi connectivity index (χ0n) is 20.5. The average molecular weight is 472 g/mol. The molecule has 1 aliphatic carbocycles. The van der Waals surface area contributed by atoms with Gasteiger partial charge in [0.25, 0.3) is 0 Å². The van der Waals surface area contributed by atoms with E-state index in [9.17, 15) is 4.79 Å². The number of aryl methyl sites for hydroxylation is 1. The molecule has 0 spiro atoms. The van der Waals surface area contributed by atoms with Gasteiger partial charge in [-0.2, -0.15) is 5.21 Å². The van der Waals surface area contributed by atoms with Crippen LogP contribution in [0.2, 0.25) is 0 Å². The van der Waals surface area contributed by atoms with Crippen molar-refractivity contribution in [1.82, 2.24) is 34.7 Å². The first kappa shape index (κ1) is 23.2. The number of tetrazole rings is 1. The van der Waals surface area contributed by atoms with E-state index in [4.69, 9.17) is 0 Å². The number of hydrogen-bond acceptors (Lipinski definition) is 5. The molecule has 8 nitrogen and oxygen atoms in total. The Labute approximate surface area is 205 Å². The van der Waals surface area contributed by atoms with Gasteiger partial charge in [-0.1, -0.05) is 51.0 Å². The molecule has 4 aromatic rings. The summed E-state index contributed by atoms with van der Waals surface area (Å²) in [6, 6.07) is 10.5. The van der Waals surface area contributed by atoms with E-state index in [-0.39, 0.29) is 5.69 Å². The molecule has 0 bridgehead atoms. The lowest BCUT2D eigenvalue weighted by molar-refractivity contribution is 0.164. The molecule has 35 heavy (non-hydrogen) atoms. The second kappa shape index (κ2) is 10.4. The van der Waals surface area contributed by atoms with Crippen LogP contribution in [0, 0.1) is 5.92 Å². The number of aromatic amines is 1. The number of nitrogens with zero attached hydrogens (tertiary/aromatic N) is 6. The van der Waals surface area contributed by atoms with Crippen molar-refractivity contribution in [3.63, 3.8) is 0 Å². The first-order valence-corrected chi connectivity index (χ1v) is 12.8. The van der Waals surface area contributed by atoms with Gasteiger partial charge < -0.3 is 0 Å². The zero-order valence-corrected chi connectivity index (χ0v) is 20.5. The SMILES string of the molecule is CCCCc1cn(C2CCC2CCC)c(=O)n1Cc1cnccc1-c1ccc(-c2nn[nH]n2)cc1. The Kier molecular flexibility index (Phi) is 6.88. The van der Waals surface area contributed by atoms with Gasteiger partial charge in [-0.25, -0.2) is 4.79 Å². The topological polar surface area (TPSA) is 94.3 Å². The monoisotopic (exact) mass is 471 g/mol. The first-order valence-electron chi connectivity index (χ1n) is 12.8. The highest BCUT2D eigenvalue weighted by molar-refractivity contribution is 5.69. The quantitative estimate of drug-likeness (QED) is 0.350. The average Bonchev–Trinajstić information content (AvgIpc) is 3.51. The van der Waals surface area contributed by atoms with Crippen LogP contribution in [-0.2, 0) is 13.0 Å². The van der Waals surface area contributed by atoms with E-state index in [0.717, 1.165) is 53.6 Å². The summed E-state index contributed by atoms with van der Waals surface area (Å²) in [5.74, 6) is 1.19. The molecule has 0 aliphatic heterocycles. The Morgan fingerprint density at radius 2 is 1.89 bits per heavy atom. The number of imidazole rings is 1. The molecule has 1 N–H and O–H groups in total.